The number of rotatable bonds is 3. The monoisotopic (exact) mass is 346 g/mol. The lowest BCUT2D eigenvalue weighted by atomic mass is 9.93. The van der Waals surface area contributed by atoms with Crippen LogP contribution in [-0.4, -0.2) is 25.3 Å². The highest BCUT2D eigenvalue weighted by Gasteiger charge is 2.43. The largest absolute Gasteiger partial charge is 0.586 e. The van der Waals surface area contributed by atoms with Gasteiger partial charge in [-0.3, -0.25) is 4.79 Å². The molecule has 1 saturated heterocycles. The Hall–Kier alpha value is -2.67. The molecule has 0 spiro atoms. The minimum Gasteiger partial charge on any atom is -0.395 e. The summed E-state index contributed by atoms with van der Waals surface area (Å²) >= 11 is 0. The summed E-state index contributed by atoms with van der Waals surface area (Å²) in [4.78, 5) is 12.7. The van der Waals surface area contributed by atoms with Crippen molar-refractivity contribution in [3.63, 3.8) is 0 Å². The van der Waals surface area contributed by atoms with Crippen molar-refractivity contribution in [2.24, 2.45) is 0 Å². The van der Waals surface area contributed by atoms with Crippen LogP contribution in [0.15, 0.2) is 42.5 Å². The number of nitrogens with one attached hydrogen (secondary N) is 2. The van der Waals surface area contributed by atoms with E-state index in [-0.39, 0.29) is 23.3 Å². The lowest BCUT2D eigenvalue weighted by Crippen LogP contribution is -2.25. The van der Waals surface area contributed by atoms with Gasteiger partial charge >= 0.3 is 6.29 Å². The SMILES string of the molecule is O=C(Nc1ccc2c(c1)OC(F)(F)O2)c1ccccc1C1CCNC1. The van der Waals surface area contributed by atoms with Gasteiger partial charge in [0.1, 0.15) is 0 Å². The van der Waals surface area contributed by atoms with Crippen LogP contribution in [0, 0.1) is 0 Å². The number of amides is 1. The fraction of sp³-hybridized carbons (Fsp3) is 0.278. The Labute approximate surface area is 142 Å². The van der Waals surface area contributed by atoms with Gasteiger partial charge in [-0.05, 0) is 42.6 Å². The van der Waals surface area contributed by atoms with Crippen LogP contribution in [0.5, 0.6) is 11.5 Å². The Morgan fingerprint density at radius 1 is 1.16 bits per heavy atom. The van der Waals surface area contributed by atoms with E-state index in [0.29, 0.717) is 11.3 Å². The summed E-state index contributed by atoms with van der Waals surface area (Å²) in [6, 6.07) is 11.6. The van der Waals surface area contributed by atoms with Gasteiger partial charge in [0.05, 0.1) is 0 Å². The average Bonchev–Trinajstić information content (AvgIpc) is 3.20. The zero-order valence-corrected chi connectivity index (χ0v) is 13.2. The van der Waals surface area contributed by atoms with Gasteiger partial charge in [0.25, 0.3) is 5.91 Å². The number of hydrogen-bond donors (Lipinski definition) is 2. The second kappa shape index (κ2) is 6.00. The highest BCUT2D eigenvalue weighted by Crippen LogP contribution is 2.42. The smallest absolute Gasteiger partial charge is 0.395 e. The first-order valence-electron chi connectivity index (χ1n) is 8.03. The molecule has 1 amide bonds. The van der Waals surface area contributed by atoms with Crippen LogP contribution in [0.1, 0.15) is 28.3 Å². The molecule has 0 aromatic heterocycles. The van der Waals surface area contributed by atoms with E-state index >= 15 is 0 Å². The number of carbonyl (C=O) groups excluding carboxylic acids is 1. The van der Waals surface area contributed by atoms with Gasteiger partial charge < -0.3 is 20.1 Å². The van der Waals surface area contributed by atoms with E-state index < -0.39 is 6.29 Å². The Morgan fingerprint density at radius 2 is 1.96 bits per heavy atom. The molecule has 2 aliphatic rings. The van der Waals surface area contributed by atoms with E-state index in [1.807, 2.05) is 12.1 Å². The number of hydrogen-bond acceptors (Lipinski definition) is 4. The number of anilines is 1. The molecule has 0 radical (unpaired) electrons. The topological polar surface area (TPSA) is 59.6 Å². The van der Waals surface area contributed by atoms with Crippen LogP contribution < -0.4 is 20.1 Å². The molecule has 25 heavy (non-hydrogen) atoms. The zero-order chi connectivity index (χ0) is 17.4. The van der Waals surface area contributed by atoms with Gasteiger partial charge in [0.15, 0.2) is 11.5 Å². The molecule has 7 heteroatoms. The minimum atomic E-state index is -3.67. The van der Waals surface area contributed by atoms with Crippen molar-refractivity contribution in [3.8, 4) is 11.5 Å². The fourth-order valence-corrected chi connectivity index (χ4v) is 3.21. The number of alkyl halides is 2. The zero-order valence-electron chi connectivity index (χ0n) is 13.2. The van der Waals surface area contributed by atoms with Crippen LogP contribution >= 0.6 is 0 Å². The van der Waals surface area contributed by atoms with Crippen molar-refractivity contribution in [2.45, 2.75) is 18.6 Å². The molecule has 1 unspecified atom stereocenters. The number of halogens is 2. The van der Waals surface area contributed by atoms with Crippen LogP contribution in [0.25, 0.3) is 0 Å². The molecule has 4 rings (SSSR count). The van der Waals surface area contributed by atoms with Crippen LogP contribution in [0.3, 0.4) is 0 Å². The third-order valence-electron chi connectivity index (χ3n) is 4.36. The maximum absolute atomic E-state index is 13.1. The second-order valence-corrected chi connectivity index (χ2v) is 6.06. The normalized spacial score (nSPS) is 20.5. The van der Waals surface area contributed by atoms with Gasteiger partial charge in [-0.1, -0.05) is 18.2 Å². The Balaban J connectivity index is 1.56. The van der Waals surface area contributed by atoms with Crippen molar-refractivity contribution >= 4 is 11.6 Å². The molecule has 130 valence electrons. The van der Waals surface area contributed by atoms with Crippen molar-refractivity contribution in [2.75, 3.05) is 18.4 Å². The van der Waals surface area contributed by atoms with E-state index in [9.17, 15) is 13.6 Å². The lowest BCUT2D eigenvalue weighted by molar-refractivity contribution is -0.286. The second-order valence-electron chi connectivity index (χ2n) is 6.06. The first-order valence-corrected chi connectivity index (χ1v) is 8.03. The van der Waals surface area contributed by atoms with E-state index in [4.69, 9.17) is 0 Å². The first-order chi connectivity index (χ1) is 12.0. The summed E-state index contributed by atoms with van der Waals surface area (Å²) in [5.74, 6) is -0.151. The third-order valence-corrected chi connectivity index (χ3v) is 4.36. The number of benzene rings is 2. The molecule has 0 bridgehead atoms. The molecule has 5 nitrogen and oxygen atoms in total. The van der Waals surface area contributed by atoms with E-state index in [0.717, 1.165) is 25.1 Å². The number of carbonyl (C=O) groups is 1. The lowest BCUT2D eigenvalue weighted by Gasteiger charge is -2.14. The van der Waals surface area contributed by atoms with E-state index in [1.165, 1.54) is 18.2 Å². The van der Waals surface area contributed by atoms with Crippen LogP contribution in [-0.2, 0) is 0 Å². The highest BCUT2D eigenvalue weighted by molar-refractivity contribution is 6.05. The summed E-state index contributed by atoms with van der Waals surface area (Å²) in [5, 5.41) is 6.03. The van der Waals surface area contributed by atoms with Gasteiger partial charge in [-0.2, -0.15) is 0 Å². The van der Waals surface area contributed by atoms with Crippen molar-refractivity contribution < 1.29 is 23.0 Å². The maximum Gasteiger partial charge on any atom is 0.586 e. The summed E-state index contributed by atoms with van der Waals surface area (Å²) < 4.78 is 34.9. The third kappa shape index (κ3) is 3.15. The van der Waals surface area contributed by atoms with Gasteiger partial charge in [0, 0.05) is 23.9 Å². The molecule has 2 N–H and O–H groups in total. The fourth-order valence-electron chi connectivity index (χ4n) is 3.21. The molecule has 2 aliphatic heterocycles. The standard InChI is InChI=1S/C18H16F2N2O3/c19-18(20)24-15-6-5-12(9-16(15)25-18)22-17(23)14-4-2-1-3-13(14)11-7-8-21-10-11/h1-6,9,11,21H,7-8,10H2,(H,22,23). The average molecular weight is 346 g/mol. The summed E-state index contributed by atoms with van der Waals surface area (Å²) in [6.07, 6.45) is -2.70. The van der Waals surface area contributed by atoms with Crippen molar-refractivity contribution in [3.05, 3.63) is 53.6 Å². The molecule has 0 saturated carbocycles. The predicted octanol–water partition coefficient (Wildman–Crippen LogP) is 3.34. The molecular weight excluding hydrogens is 330 g/mol. The van der Waals surface area contributed by atoms with E-state index in [2.05, 4.69) is 20.1 Å². The quantitative estimate of drug-likeness (QED) is 0.895. The van der Waals surface area contributed by atoms with Gasteiger partial charge in [-0.15, -0.1) is 8.78 Å². The summed E-state index contributed by atoms with van der Waals surface area (Å²) in [5.41, 5.74) is 1.93. The van der Waals surface area contributed by atoms with Gasteiger partial charge in [-0.25, -0.2) is 0 Å². The van der Waals surface area contributed by atoms with Gasteiger partial charge in [0.2, 0.25) is 0 Å². The van der Waals surface area contributed by atoms with Crippen molar-refractivity contribution in [1.82, 2.24) is 5.32 Å². The Bertz CT molecular complexity index is 820. The van der Waals surface area contributed by atoms with E-state index in [1.54, 1.807) is 12.1 Å². The minimum absolute atomic E-state index is 0.0552. The molecule has 1 fully saturated rings. The first kappa shape index (κ1) is 15.8. The summed E-state index contributed by atoms with van der Waals surface area (Å²) in [7, 11) is 0. The number of ether oxygens (including phenoxy) is 2. The molecule has 0 aliphatic carbocycles. The molecule has 2 heterocycles. The summed E-state index contributed by atoms with van der Waals surface area (Å²) in [6.45, 7) is 1.76. The Kier molecular flexibility index (Phi) is 3.80. The Morgan fingerprint density at radius 3 is 2.76 bits per heavy atom. The molecule has 2 aromatic rings. The maximum atomic E-state index is 13.1. The highest BCUT2D eigenvalue weighted by atomic mass is 19.3. The molecule has 2 aromatic carbocycles. The van der Waals surface area contributed by atoms with Crippen molar-refractivity contribution in [1.29, 1.82) is 0 Å². The molecule has 1 atom stereocenters. The predicted molar refractivity (Wildman–Crippen MR) is 87.3 cm³/mol. The van der Waals surface area contributed by atoms with Crippen LogP contribution in [0.2, 0.25) is 0 Å². The van der Waals surface area contributed by atoms with Crippen LogP contribution in [0.4, 0.5) is 14.5 Å². The number of fused-ring (bicyclic) bond motifs is 1. The molecular formula is C18H16F2N2O3.